The topological polar surface area (TPSA) is 61.2 Å². The molecule has 0 spiro atoms. The van der Waals surface area contributed by atoms with Gasteiger partial charge < -0.3 is 4.74 Å². The van der Waals surface area contributed by atoms with Gasteiger partial charge >= 0.3 is 5.97 Å². The van der Waals surface area contributed by atoms with Crippen LogP contribution in [0.15, 0.2) is 28.2 Å². The van der Waals surface area contributed by atoms with Crippen molar-refractivity contribution in [1.82, 2.24) is 9.55 Å². The Bertz CT molecular complexity index is 1180. The monoisotopic (exact) mass is 456 g/mol. The SMILES string of the molecule is CCCCOC(=O)CSc1nc2sc3c(c2c(=O)n1-c1cc(C)ccc1C)CCCC3. The molecule has 31 heavy (non-hydrogen) atoms. The maximum absolute atomic E-state index is 13.8. The van der Waals surface area contributed by atoms with Crippen molar-refractivity contribution >= 4 is 39.3 Å². The Balaban J connectivity index is 1.80. The van der Waals surface area contributed by atoms with Crippen molar-refractivity contribution in [3.05, 3.63) is 50.1 Å². The summed E-state index contributed by atoms with van der Waals surface area (Å²) in [6.07, 6.45) is 6.07. The molecule has 0 amide bonds. The molecule has 7 heteroatoms. The van der Waals surface area contributed by atoms with Crippen LogP contribution in [0.4, 0.5) is 0 Å². The van der Waals surface area contributed by atoms with Gasteiger partial charge in [-0.25, -0.2) is 4.98 Å². The average molecular weight is 457 g/mol. The van der Waals surface area contributed by atoms with E-state index in [-0.39, 0.29) is 17.3 Å². The van der Waals surface area contributed by atoms with E-state index in [1.807, 2.05) is 32.0 Å². The zero-order chi connectivity index (χ0) is 22.0. The van der Waals surface area contributed by atoms with Crippen LogP contribution in [0.3, 0.4) is 0 Å². The van der Waals surface area contributed by atoms with Crippen molar-refractivity contribution in [2.24, 2.45) is 0 Å². The molecule has 0 bridgehead atoms. The molecule has 1 aliphatic carbocycles. The minimum atomic E-state index is -0.272. The number of fused-ring (bicyclic) bond motifs is 3. The summed E-state index contributed by atoms with van der Waals surface area (Å²) >= 11 is 2.92. The summed E-state index contributed by atoms with van der Waals surface area (Å²) in [4.78, 5) is 33.0. The molecule has 5 nitrogen and oxygen atoms in total. The van der Waals surface area contributed by atoms with Crippen LogP contribution in [-0.4, -0.2) is 27.9 Å². The summed E-state index contributed by atoms with van der Waals surface area (Å²) in [5.74, 6) is -0.136. The predicted molar refractivity (Wildman–Crippen MR) is 128 cm³/mol. The molecule has 0 saturated heterocycles. The van der Waals surface area contributed by atoms with Crippen molar-refractivity contribution in [2.45, 2.75) is 64.5 Å². The molecule has 4 rings (SSSR count). The highest BCUT2D eigenvalue weighted by atomic mass is 32.2. The van der Waals surface area contributed by atoms with Gasteiger partial charge in [0, 0.05) is 4.88 Å². The van der Waals surface area contributed by atoms with Crippen molar-refractivity contribution < 1.29 is 9.53 Å². The number of thiophene rings is 1. The number of esters is 1. The van der Waals surface area contributed by atoms with Crippen molar-refractivity contribution in [2.75, 3.05) is 12.4 Å². The molecule has 0 unspecified atom stereocenters. The molecule has 1 aliphatic rings. The first kappa shape index (κ1) is 22.1. The molecule has 1 aromatic carbocycles. The zero-order valence-corrected chi connectivity index (χ0v) is 20.0. The number of hydrogen-bond acceptors (Lipinski definition) is 6. The highest BCUT2D eigenvalue weighted by Gasteiger charge is 2.24. The molecule has 0 radical (unpaired) electrons. The molecule has 0 saturated carbocycles. The highest BCUT2D eigenvalue weighted by Crippen LogP contribution is 2.35. The van der Waals surface area contributed by atoms with E-state index in [0.29, 0.717) is 11.8 Å². The van der Waals surface area contributed by atoms with E-state index in [2.05, 4.69) is 6.92 Å². The standard InChI is InChI=1S/C24H28N2O3S2/c1-4-5-12-29-20(27)14-30-24-25-22-21(17-8-6-7-9-19(17)31-22)23(28)26(24)18-13-15(2)10-11-16(18)3/h10-11,13H,4-9,12,14H2,1-3H3. The molecule has 2 heterocycles. The maximum atomic E-state index is 13.8. The fourth-order valence-electron chi connectivity index (χ4n) is 3.95. The van der Waals surface area contributed by atoms with Gasteiger partial charge in [-0.2, -0.15) is 0 Å². The van der Waals surface area contributed by atoms with E-state index in [1.165, 1.54) is 22.2 Å². The third kappa shape index (κ3) is 4.58. The Morgan fingerprint density at radius 2 is 2.06 bits per heavy atom. The molecule has 3 aromatic rings. The molecule has 164 valence electrons. The number of ether oxygens (including phenoxy) is 1. The fourth-order valence-corrected chi connectivity index (χ4v) is 6.06. The van der Waals surface area contributed by atoms with E-state index < -0.39 is 0 Å². The quantitative estimate of drug-likeness (QED) is 0.207. The second-order valence-electron chi connectivity index (χ2n) is 8.08. The maximum Gasteiger partial charge on any atom is 0.316 e. The first-order valence-corrected chi connectivity index (χ1v) is 12.7. The van der Waals surface area contributed by atoms with Gasteiger partial charge in [-0.1, -0.05) is 37.2 Å². The number of benzene rings is 1. The molecule has 0 N–H and O–H groups in total. The number of rotatable bonds is 7. The van der Waals surface area contributed by atoms with Gasteiger partial charge in [-0.05, 0) is 68.7 Å². The summed E-state index contributed by atoms with van der Waals surface area (Å²) in [5.41, 5.74) is 4.07. The van der Waals surface area contributed by atoms with Crippen LogP contribution in [-0.2, 0) is 22.4 Å². The second-order valence-corrected chi connectivity index (χ2v) is 10.1. The zero-order valence-electron chi connectivity index (χ0n) is 18.3. The number of unbranched alkanes of at least 4 members (excludes halogenated alkanes) is 1. The largest absolute Gasteiger partial charge is 0.465 e. The second kappa shape index (κ2) is 9.57. The Kier molecular flexibility index (Phi) is 6.82. The predicted octanol–water partition coefficient (Wildman–Crippen LogP) is 5.38. The summed E-state index contributed by atoms with van der Waals surface area (Å²) in [7, 11) is 0. The number of aromatic nitrogens is 2. The third-order valence-corrected chi connectivity index (χ3v) is 7.74. The van der Waals surface area contributed by atoms with E-state index in [9.17, 15) is 9.59 Å². The summed E-state index contributed by atoms with van der Waals surface area (Å²) < 4.78 is 7.01. The molecule has 0 aliphatic heterocycles. The van der Waals surface area contributed by atoms with Crippen LogP contribution in [0.1, 0.15) is 54.2 Å². The Morgan fingerprint density at radius 3 is 2.87 bits per heavy atom. The summed E-state index contributed by atoms with van der Waals surface area (Å²) in [5, 5.41) is 1.31. The molecule has 0 atom stereocenters. The summed E-state index contributed by atoms with van der Waals surface area (Å²) in [6.45, 7) is 6.52. The van der Waals surface area contributed by atoms with Crippen molar-refractivity contribution in [3.63, 3.8) is 0 Å². The van der Waals surface area contributed by atoms with Crippen LogP contribution in [0.5, 0.6) is 0 Å². The number of carbonyl (C=O) groups excluding carboxylic acids is 1. The number of carbonyl (C=O) groups is 1. The lowest BCUT2D eigenvalue weighted by molar-refractivity contribution is -0.140. The highest BCUT2D eigenvalue weighted by molar-refractivity contribution is 7.99. The van der Waals surface area contributed by atoms with Crippen LogP contribution in [0.2, 0.25) is 0 Å². The van der Waals surface area contributed by atoms with Gasteiger partial charge in [0.05, 0.1) is 23.4 Å². The Hall–Kier alpha value is -2.12. The Labute approximate surface area is 190 Å². The van der Waals surface area contributed by atoms with E-state index in [4.69, 9.17) is 9.72 Å². The Morgan fingerprint density at radius 1 is 1.26 bits per heavy atom. The molecule has 0 fully saturated rings. The van der Waals surface area contributed by atoms with Gasteiger partial charge in [-0.15, -0.1) is 11.3 Å². The molecule has 2 aromatic heterocycles. The lowest BCUT2D eigenvalue weighted by Crippen LogP contribution is -2.23. The van der Waals surface area contributed by atoms with Gasteiger partial charge in [0.1, 0.15) is 4.83 Å². The summed E-state index contributed by atoms with van der Waals surface area (Å²) in [6, 6.07) is 6.09. The van der Waals surface area contributed by atoms with Crippen LogP contribution < -0.4 is 5.56 Å². The average Bonchev–Trinajstić information content (AvgIpc) is 3.13. The number of thioether (sulfide) groups is 1. The van der Waals surface area contributed by atoms with Gasteiger partial charge in [0.25, 0.3) is 5.56 Å². The fraction of sp³-hybridized carbons (Fsp3) is 0.458. The normalized spacial score (nSPS) is 13.4. The number of nitrogens with zero attached hydrogens (tertiary/aromatic N) is 2. The molecular formula is C24H28N2O3S2. The van der Waals surface area contributed by atoms with Gasteiger partial charge in [-0.3, -0.25) is 14.2 Å². The number of hydrogen-bond donors (Lipinski definition) is 0. The lowest BCUT2D eigenvalue weighted by atomic mass is 9.97. The van der Waals surface area contributed by atoms with E-state index in [0.717, 1.165) is 65.6 Å². The molecular weight excluding hydrogens is 428 g/mol. The van der Waals surface area contributed by atoms with Gasteiger partial charge in [0.2, 0.25) is 0 Å². The van der Waals surface area contributed by atoms with Crippen molar-refractivity contribution in [3.8, 4) is 5.69 Å². The minimum Gasteiger partial charge on any atom is -0.465 e. The smallest absolute Gasteiger partial charge is 0.316 e. The third-order valence-electron chi connectivity index (χ3n) is 5.64. The van der Waals surface area contributed by atoms with Crippen LogP contribution in [0.25, 0.3) is 15.9 Å². The number of aryl methyl sites for hydroxylation is 4. The van der Waals surface area contributed by atoms with E-state index >= 15 is 0 Å². The van der Waals surface area contributed by atoms with Gasteiger partial charge in [0.15, 0.2) is 5.16 Å². The minimum absolute atomic E-state index is 0.0278. The lowest BCUT2D eigenvalue weighted by Gasteiger charge is -2.15. The van der Waals surface area contributed by atoms with Crippen molar-refractivity contribution in [1.29, 1.82) is 0 Å². The first-order chi connectivity index (χ1) is 15.0. The van der Waals surface area contributed by atoms with Crippen LogP contribution >= 0.6 is 23.1 Å². The van der Waals surface area contributed by atoms with Crippen LogP contribution in [0, 0.1) is 13.8 Å². The first-order valence-electron chi connectivity index (χ1n) is 10.9. The van der Waals surface area contributed by atoms with E-state index in [1.54, 1.807) is 15.9 Å².